The summed E-state index contributed by atoms with van der Waals surface area (Å²) in [4.78, 5) is 61.8. The average molecular weight is 1040 g/mol. The molecule has 0 amide bonds. The van der Waals surface area contributed by atoms with E-state index in [-0.39, 0.29) is 24.8 Å². The first kappa shape index (κ1) is 63.0. The topological polar surface area (TPSA) is 286 Å². The molecule has 1 saturated heterocycles. The molecular weight excluding hydrogens is 961 g/mol. The molecule has 1 aromatic heterocycles. The first-order chi connectivity index (χ1) is 34.1. The molecule has 0 aliphatic carbocycles. The van der Waals surface area contributed by atoms with E-state index in [9.17, 15) is 48.6 Å². The van der Waals surface area contributed by atoms with Crippen molar-refractivity contribution in [2.45, 2.75) is 173 Å². The van der Waals surface area contributed by atoms with Gasteiger partial charge in [0.15, 0.2) is 12.3 Å². The Morgan fingerprint density at radius 2 is 1.27 bits per heavy atom. The molecule has 0 radical (unpaired) electrons. The van der Waals surface area contributed by atoms with Crippen molar-refractivity contribution in [1.82, 2.24) is 9.55 Å². The molecule has 71 heavy (non-hydrogen) atoms. The van der Waals surface area contributed by atoms with E-state index in [4.69, 9.17) is 29.0 Å². The zero-order valence-electron chi connectivity index (χ0n) is 41.4. The second-order valence-corrected chi connectivity index (χ2v) is 19.8. The molecule has 21 heteroatoms. The number of hydrogen-bond donors (Lipinski definition) is 6. The smallest absolute Gasteiger partial charge is 0.462 e. The number of aromatic nitrogens is 2. The number of phosphoric ester groups is 2. The van der Waals surface area contributed by atoms with Gasteiger partial charge in [-0.05, 0) is 96.0 Å². The van der Waals surface area contributed by atoms with E-state index in [2.05, 4.69) is 58.8 Å². The van der Waals surface area contributed by atoms with Crippen molar-refractivity contribution in [3.63, 3.8) is 0 Å². The summed E-state index contributed by atoms with van der Waals surface area (Å²) in [6.07, 6.45) is 36.0. The number of nitrogens with two attached hydrogens (primary N) is 1. The summed E-state index contributed by atoms with van der Waals surface area (Å²) >= 11 is 0. The van der Waals surface area contributed by atoms with Crippen molar-refractivity contribution in [2.75, 3.05) is 25.6 Å². The summed E-state index contributed by atoms with van der Waals surface area (Å²) in [5, 5.41) is 30.7. The Morgan fingerprint density at radius 3 is 1.85 bits per heavy atom. The molecule has 19 nitrogen and oxygen atoms in total. The molecule has 0 aromatic carbocycles. The number of carbonyl (C=O) groups is 2. The van der Waals surface area contributed by atoms with Crippen LogP contribution in [0.2, 0.25) is 0 Å². The van der Waals surface area contributed by atoms with Gasteiger partial charge in [-0.2, -0.15) is 9.29 Å². The number of ether oxygens (including phenoxy) is 3. The number of allylic oxidation sites excluding steroid dienone is 13. The van der Waals surface area contributed by atoms with Crippen molar-refractivity contribution in [3.05, 3.63) is 108 Å². The predicted molar refractivity (Wildman–Crippen MR) is 271 cm³/mol. The highest BCUT2D eigenvalue weighted by Gasteiger charge is 2.46. The normalized spacial score (nSPS) is 20.3. The van der Waals surface area contributed by atoms with Crippen molar-refractivity contribution in [1.29, 1.82) is 0 Å². The first-order valence-electron chi connectivity index (χ1n) is 24.7. The molecule has 3 unspecified atom stereocenters. The van der Waals surface area contributed by atoms with Gasteiger partial charge in [0, 0.05) is 19.0 Å². The van der Waals surface area contributed by atoms with E-state index in [1.807, 2.05) is 49.5 Å². The second kappa shape index (κ2) is 37.6. The highest BCUT2D eigenvalue weighted by atomic mass is 31.3. The van der Waals surface area contributed by atoms with Crippen LogP contribution in [-0.4, -0.2) is 96.9 Å². The summed E-state index contributed by atoms with van der Waals surface area (Å²) in [7, 11) is -10.9. The van der Waals surface area contributed by atoms with Gasteiger partial charge < -0.3 is 45.1 Å². The number of esters is 2. The minimum Gasteiger partial charge on any atom is -0.462 e. The fourth-order valence-electron chi connectivity index (χ4n) is 6.68. The summed E-state index contributed by atoms with van der Waals surface area (Å²) in [5.74, 6) is -1.44. The van der Waals surface area contributed by atoms with Gasteiger partial charge in [-0.15, -0.1) is 0 Å². The van der Waals surface area contributed by atoms with Gasteiger partial charge in [-0.25, -0.2) is 13.9 Å². The minimum absolute atomic E-state index is 0.0536. The van der Waals surface area contributed by atoms with E-state index in [1.165, 1.54) is 25.3 Å². The predicted octanol–water partition coefficient (Wildman–Crippen LogP) is 8.86. The molecular formula is C50H79N3O16P2. The number of carbonyl (C=O) groups excluding carboxylic acids is 2. The van der Waals surface area contributed by atoms with E-state index in [0.29, 0.717) is 38.5 Å². The summed E-state index contributed by atoms with van der Waals surface area (Å²) in [6.45, 7) is 1.81. The maximum absolute atomic E-state index is 12.8. The number of nitrogens with zero attached hydrogens (tertiary/aromatic N) is 2. The zero-order valence-corrected chi connectivity index (χ0v) is 43.1. The monoisotopic (exact) mass is 1040 g/mol. The lowest BCUT2D eigenvalue weighted by Gasteiger charge is -2.21. The number of nitrogen functional groups attached to an aromatic ring is 1. The number of rotatable bonds is 39. The molecule has 1 aliphatic heterocycles. The van der Waals surface area contributed by atoms with Crippen LogP contribution in [0.15, 0.2) is 102 Å². The lowest BCUT2D eigenvalue weighted by Crippen LogP contribution is -2.36. The number of anilines is 1. The number of phosphoric acid groups is 2. The molecule has 1 aromatic rings. The van der Waals surface area contributed by atoms with Crippen molar-refractivity contribution in [2.24, 2.45) is 0 Å². The van der Waals surface area contributed by atoms with Crippen LogP contribution in [0.1, 0.15) is 142 Å². The van der Waals surface area contributed by atoms with Crippen LogP contribution in [0.25, 0.3) is 0 Å². The second-order valence-electron chi connectivity index (χ2n) is 16.8. The van der Waals surface area contributed by atoms with Gasteiger partial charge in [0.25, 0.3) is 0 Å². The molecule has 8 atom stereocenters. The Labute approximate surface area is 419 Å². The third-order valence-corrected chi connectivity index (χ3v) is 13.1. The molecule has 1 fully saturated rings. The lowest BCUT2D eigenvalue weighted by molar-refractivity contribution is -0.161. The third kappa shape index (κ3) is 30.5. The van der Waals surface area contributed by atoms with Crippen LogP contribution < -0.4 is 11.4 Å². The van der Waals surface area contributed by atoms with Gasteiger partial charge in [-0.1, -0.05) is 118 Å². The van der Waals surface area contributed by atoms with Crippen LogP contribution in [0.5, 0.6) is 0 Å². The molecule has 400 valence electrons. The Hall–Kier alpha value is -4.10. The van der Waals surface area contributed by atoms with Crippen molar-refractivity contribution in [3.8, 4) is 0 Å². The fourth-order valence-corrected chi connectivity index (χ4v) is 8.79. The van der Waals surface area contributed by atoms with Gasteiger partial charge in [0.2, 0.25) is 0 Å². The first-order valence-corrected chi connectivity index (χ1v) is 27.7. The van der Waals surface area contributed by atoms with Crippen LogP contribution in [0, 0.1) is 0 Å². The number of hydrogen-bond acceptors (Lipinski definition) is 16. The van der Waals surface area contributed by atoms with E-state index in [1.54, 1.807) is 0 Å². The standard InChI is InChI=1S/C50H79N3O16P2/c1-3-5-6-7-8-9-10-11-12-15-18-21-24-27-30-34-45(55)64-38-42(67-46(56)35-31-28-25-22-19-16-13-14-17-20-23-26-29-33-41(54)32-4-2)39-65-70(60,61)69-71(62,63)66-40-43-47(57)48(58)49(68-43)53-37-36-44(51)52-50(53)59/h8-9,11-13,16-18,20-22,25-26,29,36-37,41-43,47-49,54,57-58H,3-7,10,14-15,19,23-24,27-28,30-35,38-40H2,1-2H3,(H,60,61)(H,62,63)(H2,51,52,59)/b9-8-,12-11-,16-13-,20-17-,21-18-,25-22-,29-26-/t41?,42-,43-,47-,48-,49-/m1/s1. The van der Waals surface area contributed by atoms with Crippen LogP contribution >= 0.6 is 15.6 Å². The quantitative estimate of drug-likeness (QED) is 0.0155. The lowest BCUT2D eigenvalue weighted by atomic mass is 10.1. The van der Waals surface area contributed by atoms with E-state index >= 15 is 0 Å². The maximum atomic E-state index is 12.8. The van der Waals surface area contributed by atoms with Crippen LogP contribution in [0.3, 0.4) is 0 Å². The zero-order chi connectivity index (χ0) is 52.2. The number of unbranched alkanes of at least 4 members (excludes halogenated alkanes) is 6. The van der Waals surface area contributed by atoms with Gasteiger partial charge in [-0.3, -0.25) is 23.2 Å². The summed E-state index contributed by atoms with van der Waals surface area (Å²) in [5.41, 5.74) is 4.57. The molecule has 2 heterocycles. The number of aliphatic hydroxyl groups excluding tert-OH is 3. The molecule has 0 bridgehead atoms. The third-order valence-electron chi connectivity index (χ3n) is 10.5. The van der Waals surface area contributed by atoms with Crippen molar-refractivity contribution < 1.29 is 71.4 Å². The Balaban J connectivity index is 1.86. The van der Waals surface area contributed by atoms with Gasteiger partial charge in [0.05, 0.1) is 19.3 Å². The average Bonchev–Trinajstić information content (AvgIpc) is 3.60. The van der Waals surface area contributed by atoms with Crippen LogP contribution in [-0.2, 0) is 46.3 Å². The maximum Gasteiger partial charge on any atom is 0.481 e. The van der Waals surface area contributed by atoms with E-state index < -0.39 is 83.7 Å². The van der Waals surface area contributed by atoms with Gasteiger partial charge in [0.1, 0.15) is 30.7 Å². The Kier molecular flexibility index (Phi) is 33.4. The molecule has 2 rings (SSSR count). The fraction of sp³-hybridized carbons (Fsp3) is 0.600. The molecule has 1 aliphatic rings. The largest absolute Gasteiger partial charge is 0.481 e. The highest BCUT2D eigenvalue weighted by molar-refractivity contribution is 7.61. The SMILES string of the molecule is CCCCC/C=C\C/C=C\C/C=C\CCCCC(=O)OC[C@H](COP(=O)(O)OP(=O)(O)OC[C@H]1O[C@@H](n2ccc(N)nc2=O)[C@H](O)[C@@H]1O)OC(=O)CCC/C=C\C/C=C\C/C=C\C/C=C\CC(O)CCC. The van der Waals surface area contributed by atoms with E-state index in [0.717, 1.165) is 62.1 Å². The molecule has 7 N–H and O–H groups in total. The summed E-state index contributed by atoms with van der Waals surface area (Å²) < 4.78 is 56.6. The van der Waals surface area contributed by atoms with Crippen LogP contribution in [0.4, 0.5) is 5.82 Å². The molecule has 0 saturated carbocycles. The Bertz CT molecular complexity index is 2040. The minimum atomic E-state index is -5.45. The van der Waals surface area contributed by atoms with Gasteiger partial charge >= 0.3 is 33.3 Å². The highest BCUT2D eigenvalue weighted by Crippen LogP contribution is 2.60. The molecule has 0 spiro atoms. The Morgan fingerprint density at radius 1 is 0.732 bits per heavy atom. The number of aliphatic hydroxyl groups is 3. The van der Waals surface area contributed by atoms with Crippen molar-refractivity contribution >= 4 is 33.4 Å². The summed E-state index contributed by atoms with van der Waals surface area (Å²) in [6, 6.07) is 1.24.